The second-order valence-corrected chi connectivity index (χ2v) is 1.30. The number of aromatic nitrogens is 2. The molecular formula is C4H4N2O2. The molecule has 42 valence electrons. The van der Waals surface area contributed by atoms with Crippen molar-refractivity contribution in [3.05, 3.63) is 33.1 Å². The molecule has 0 spiro atoms. The van der Waals surface area contributed by atoms with Crippen molar-refractivity contribution in [2.45, 2.75) is 0 Å². The molecule has 0 saturated carbocycles. The van der Waals surface area contributed by atoms with Gasteiger partial charge < -0.3 is 4.98 Å². The molecule has 1 rings (SSSR count). The van der Waals surface area contributed by atoms with Crippen molar-refractivity contribution in [1.82, 2.24) is 9.97 Å². The van der Waals surface area contributed by atoms with E-state index in [1.54, 1.807) is 0 Å². The first-order valence-electron chi connectivity index (χ1n) is 2.07. The summed E-state index contributed by atoms with van der Waals surface area (Å²) in [4.78, 5) is 24.7. The first-order chi connectivity index (χ1) is 3.79. The Bertz CT molecular complexity index is 246. The highest BCUT2D eigenvalue weighted by Gasteiger charge is 1.77. The molecule has 1 aromatic heterocycles. The predicted molar refractivity (Wildman–Crippen MR) is 27.7 cm³/mol. The van der Waals surface area contributed by atoms with Crippen LogP contribution in [0.3, 0.4) is 0 Å². The number of rotatable bonds is 0. The number of nitrogens with one attached hydrogen (secondary N) is 2. The number of hydrogen-bond donors (Lipinski definition) is 2. The van der Waals surface area contributed by atoms with Crippen LogP contribution in [0.1, 0.15) is 0 Å². The molecule has 0 radical (unpaired) electrons. The van der Waals surface area contributed by atoms with Crippen LogP contribution in [0, 0.1) is 0 Å². The predicted octanol–water partition coefficient (Wildman–Crippen LogP) is -0.937. The van der Waals surface area contributed by atoms with Gasteiger partial charge in [-0.2, -0.15) is 0 Å². The number of hydrogen-bond acceptors (Lipinski definition) is 2. The molecule has 0 saturated heterocycles. The van der Waals surface area contributed by atoms with Gasteiger partial charge in [-0.05, 0) is 0 Å². The summed E-state index contributed by atoms with van der Waals surface area (Å²) < 4.78 is 0. The Labute approximate surface area is 44.2 Å². The zero-order chi connectivity index (χ0) is 5.98. The van der Waals surface area contributed by atoms with Gasteiger partial charge in [0.2, 0.25) is 0 Å². The lowest BCUT2D eigenvalue weighted by Gasteiger charge is -1.75. The van der Waals surface area contributed by atoms with Crippen molar-refractivity contribution in [2.24, 2.45) is 0 Å². The highest BCUT2D eigenvalue weighted by Crippen LogP contribution is 1.51. The van der Waals surface area contributed by atoms with E-state index in [4.69, 9.17) is 0 Å². The van der Waals surface area contributed by atoms with E-state index in [0.717, 1.165) is 0 Å². The Hall–Kier alpha value is -1.32. The Kier molecular flexibility index (Phi) is 0.997. The summed E-state index contributed by atoms with van der Waals surface area (Å²) in [6, 6.07) is 1.24. The van der Waals surface area contributed by atoms with E-state index in [9.17, 15) is 9.59 Å². The maximum Gasteiger partial charge on any atom is 0.325 e. The maximum absolute atomic E-state index is 10.2. The summed E-state index contributed by atoms with van der Waals surface area (Å²) in [5.74, 6) is 0. The molecule has 4 nitrogen and oxygen atoms in total. The van der Waals surface area contributed by atoms with E-state index in [2.05, 4.69) is 4.98 Å². The molecule has 0 aromatic carbocycles. The summed E-state index contributed by atoms with van der Waals surface area (Å²) >= 11 is 0. The van der Waals surface area contributed by atoms with Gasteiger partial charge in [-0.3, -0.25) is 9.78 Å². The average Bonchev–Trinajstić information content (AvgIpc) is 1.64. The molecule has 0 fully saturated rings. The van der Waals surface area contributed by atoms with Crippen LogP contribution in [0.5, 0.6) is 0 Å². The van der Waals surface area contributed by atoms with Gasteiger partial charge in [0, 0.05) is 12.3 Å². The lowest BCUT2D eigenvalue weighted by molar-refractivity contribution is 1.04. The standard InChI is InChI=1S/C4H4N2O2/c7-3-1-2-5-4(8)6-3/h1-2H,(H2,5,6,7,8)/i2+1. The molecule has 4 heteroatoms. The van der Waals surface area contributed by atoms with Crippen molar-refractivity contribution in [1.29, 1.82) is 0 Å². The monoisotopic (exact) mass is 113 g/mol. The molecule has 0 aliphatic rings. The fraction of sp³-hybridized carbons (Fsp3) is 0. The van der Waals surface area contributed by atoms with E-state index in [1.807, 2.05) is 4.98 Å². The van der Waals surface area contributed by atoms with E-state index >= 15 is 0 Å². The molecule has 0 aliphatic carbocycles. The van der Waals surface area contributed by atoms with E-state index in [0.29, 0.717) is 0 Å². The summed E-state index contributed by atoms with van der Waals surface area (Å²) in [5, 5.41) is 0. The molecule has 8 heavy (non-hydrogen) atoms. The fourth-order valence-electron chi connectivity index (χ4n) is 0.383. The van der Waals surface area contributed by atoms with Gasteiger partial charge in [0.15, 0.2) is 0 Å². The van der Waals surface area contributed by atoms with Crippen LogP contribution in [0.25, 0.3) is 0 Å². The third-order valence-corrected chi connectivity index (χ3v) is 0.686. The number of aromatic amines is 2. The zero-order valence-electron chi connectivity index (χ0n) is 3.97. The largest absolute Gasteiger partial charge is 0.325 e. The van der Waals surface area contributed by atoms with Crippen molar-refractivity contribution >= 4 is 0 Å². The van der Waals surface area contributed by atoms with E-state index in [1.165, 1.54) is 12.3 Å². The van der Waals surface area contributed by atoms with Crippen molar-refractivity contribution < 1.29 is 0 Å². The average molecular weight is 113 g/mol. The summed E-state index contributed by atoms with van der Waals surface area (Å²) in [7, 11) is 0. The van der Waals surface area contributed by atoms with E-state index in [-0.39, 0.29) is 5.56 Å². The summed E-state index contributed by atoms with van der Waals surface area (Å²) in [5.41, 5.74) is -0.855. The van der Waals surface area contributed by atoms with Gasteiger partial charge in [0.25, 0.3) is 5.56 Å². The van der Waals surface area contributed by atoms with Crippen LogP contribution in [-0.4, -0.2) is 9.97 Å². The molecule has 0 unspecified atom stereocenters. The van der Waals surface area contributed by atoms with Crippen molar-refractivity contribution in [3.63, 3.8) is 0 Å². The first-order valence-corrected chi connectivity index (χ1v) is 2.07. The van der Waals surface area contributed by atoms with Gasteiger partial charge >= 0.3 is 5.69 Å². The van der Waals surface area contributed by atoms with Gasteiger partial charge in [0.1, 0.15) is 0 Å². The Morgan fingerprint density at radius 2 is 2.12 bits per heavy atom. The highest BCUT2D eigenvalue weighted by atomic mass is 16.2. The molecule has 0 amide bonds. The van der Waals surface area contributed by atoms with Crippen LogP contribution in [0.4, 0.5) is 0 Å². The molecular weight excluding hydrogens is 109 g/mol. The lowest BCUT2D eigenvalue weighted by atomic mass is 10.8. The quantitative estimate of drug-likeness (QED) is 0.456. The van der Waals surface area contributed by atoms with Crippen LogP contribution in [0.2, 0.25) is 0 Å². The van der Waals surface area contributed by atoms with Crippen molar-refractivity contribution in [3.8, 4) is 0 Å². The second-order valence-electron chi connectivity index (χ2n) is 1.30. The molecule has 0 aliphatic heterocycles. The minimum Gasteiger partial charge on any atom is -0.314 e. The summed E-state index contributed by atoms with van der Waals surface area (Å²) in [6.07, 6.45) is 1.29. The Morgan fingerprint density at radius 3 is 2.50 bits per heavy atom. The third kappa shape index (κ3) is 0.841. The van der Waals surface area contributed by atoms with Gasteiger partial charge in [0.05, 0.1) is 0 Å². The van der Waals surface area contributed by atoms with Crippen LogP contribution < -0.4 is 11.2 Å². The van der Waals surface area contributed by atoms with Gasteiger partial charge in [-0.15, -0.1) is 0 Å². The second kappa shape index (κ2) is 1.65. The van der Waals surface area contributed by atoms with Crippen LogP contribution >= 0.6 is 0 Å². The smallest absolute Gasteiger partial charge is 0.314 e. The molecule has 1 heterocycles. The van der Waals surface area contributed by atoms with Crippen LogP contribution in [-0.2, 0) is 0 Å². The van der Waals surface area contributed by atoms with Gasteiger partial charge in [-0.1, -0.05) is 0 Å². The summed E-state index contributed by atoms with van der Waals surface area (Å²) in [6.45, 7) is 0. The minimum absolute atomic E-state index is 0.381. The lowest BCUT2D eigenvalue weighted by Crippen LogP contribution is -2.19. The Balaban J connectivity index is 3.50. The first kappa shape index (κ1) is 4.83. The van der Waals surface area contributed by atoms with Gasteiger partial charge in [-0.25, -0.2) is 4.79 Å². The number of H-pyrrole nitrogens is 2. The molecule has 0 bridgehead atoms. The van der Waals surface area contributed by atoms with Crippen LogP contribution in [0.15, 0.2) is 21.9 Å². The molecule has 2 N–H and O–H groups in total. The normalized spacial score (nSPS) is 9.00. The fourth-order valence-corrected chi connectivity index (χ4v) is 0.383. The molecule has 0 atom stereocenters. The van der Waals surface area contributed by atoms with E-state index < -0.39 is 5.69 Å². The maximum atomic E-state index is 10.2. The molecule has 1 aromatic rings. The SMILES string of the molecule is O=c1c[13cH][nH]c(=O)[nH]1. The minimum atomic E-state index is -0.475. The highest BCUT2D eigenvalue weighted by molar-refractivity contribution is 4.77. The third-order valence-electron chi connectivity index (χ3n) is 0.686. The zero-order valence-corrected chi connectivity index (χ0v) is 3.97. The van der Waals surface area contributed by atoms with Crippen molar-refractivity contribution in [2.75, 3.05) is 0 Å². The topological polar surface area (TPSA) is 65.7 Å². The Morgan fingerprint density at radius 1 is 1.38 bits per heavy atom.